The van der Waals surface area contributed by atoms with Crippen molar-refractivity contribution in [2.75, 3.05) is 24.7 Å². The lowest BCUT2D eigenvalue weighted by Gasteiger charge is -2.30. The third kappa shape index (κ3) is 6.34. The molecule has 2 aromatic rings. The largest absolute Gasteiger partial charge is 0.420 e. The number of aliphatic hydroxyl groups is 1. The average molecular weight is 480 g/mol. The molecule has 1 saturated heterocycles. The molecule has 0 radical (unpaired) electrons. The van der Waals surface area contributed by atoms with E-state index in [1.807, 2.05) is 0 Å². The predicted octanol–water partition coefficient (Wildman–Crippen LogP) is 2.77. The van der Waals surface area contributed by atoms with Gasteiger partial charge in [-0.15, -0.1) is 11.3 Å². The Bertz CT molecular complexity index is 1030. The van der Waals surface area contributed by atoms with Crippen LogP contribution in [0, 0.1) is 0 Å². The Morgan fingerprint density at radius 1 is 1.23 bits per heavy atom. The quantitative estimate of drug-likeness (QED) is 0.656. The number of hydrogen-bond acceptors (Lipinski definition) is 8. The molecule has 0 bridgehead atoms. The van der Waals surface area contributed by atoms with Crippen LogP contribution < -0.4 is 5.32 Å². The van der Waals surface area contributed by atoms with E-state index in [4.69, 9.17) is 0 Å². The van der Waals surface area contributed by atoms with Crippen LogP contribution in [0.25, 0.3) is 10.7 Å². The molecular weight excluding hydrogens is 455 g/mol. The zero-order chi connectivity index (χ0) is 23.0. The smallest absolute Gasteiger partial charge is 0.390 e. The molecule has 13 heteroatoms. The van der Waals surface area contributed by atoms with Crippen LogP contribution in [-0.2, 0) is 22.6 Å². The molecule has 0 saturated carbocycles. The monoisotopic (exact) mass is 479 g/mol. The van der Waals surface area contributed by atoms with Gasteiger partial charge in [0.2, 0.25) is 16.0 Å². The number of nitrogens with zero attached hydrogens (tertiary/aromatic N) is 4. The van der Waals surface area contributed by atoms with E-state index in [0.717, 1.165) is 23.8 Å². The first-order valence-corrected chi connectivity index (χ1v) is 12.2. The van der Waals surface area contributed by atoms with E-state index in [9.17, 15) is 26.7 Å². The van der Waals surface area contributed by atoms with Crippen molar-refractivity contribution in [1.29, 1.82) is 0 Å². The third-order valence-corrected chi connectivity index (χ3v) is 7.02. The Hall–Kier alpha value is -1.83. The zero-order valence-corrected chi connectivity index (χ0v) is 18.9. The maximum Gasteiger partial charge on any atom is 0.420 e. The minimum Gasteiger partial charge on any atom is -0.390 e. The van der Waals surface area contributed by atoms with Crippen molar-refractivity contribution in [3.8, 4) is 10.7 Å². The van der Waals surface area contributed by atoms with Crippen molar-refractivity contribution in [3.63, 3.8) is 0 Å². The summed E-state index contributed by atoms with van der Waals surface area (Å²) in [7, 11) is -3.27. The van der Waals surface area contributed by atoms with Crippen molar-refractivity contribution in [2.24, 2.45) is 0 Å². The van der Waals surface area contributed by atoms with Crippen molar-refractivity contribution >= 4 is 27.3 Å². The Morgan fingerprint density at radius 3 is 2.42 bits per heavy atom. The van der Waals surface area contributed by atoms with Gasteiger partial charge in [0.25, 0.3) is 0 Å². The molecule has 0 atom stereocenters. The van der Waals surface area contributed by atoms with E-state index in [1.54, 1.807) is 13.8 Å². The molecule has 2 N–H and O–H groups in total. The van der Waals surface area contributed by atoms with Gasteiger partial charge in [-0.2, -0.15) is 13.2 Å². The molecule has 1 fully saturated rings. The van der Waals surface area contributed by atoms with Gasteiger partial charge in [0.05, 0.1) is 11.9 Å². The summed E-state index contributed by atoms with van der Waals surface area (Å²) in [5, 5.41) is 13.1. The number of sulfonamides is 1. The maximum absolute atomic E-state index is 13.5. The van der Waals surface area contributed by atoms with Crippen LogP contribution in [0.4, 0.5) is 19.1 Å². The molecule has 0 aromatic carbocycles. The van der Waals surface area contributed by atoms with Crippen LogP contribution in [0.1, 0.15) is 37.1 Å². The summed E-state index contributed by atoms with van der Waals surface area (Å²) in [6.45, 7) is 3.85. The van der Waals surface area contributed by atoms with Crippen LogP contribution in [0.15, 0.2) is 12.4 Å². The molecule has 0 spiro atoms. The highest BCUT2D eigenvalue weighted by molar-refractivity contribution is 7.88. The molecule has 0 unspecified atom stereocenters. The summed E-state index contributed by atoms with van der Waals surface area (Å²) in [4.78, 5) is 12.6. The lowest BCUT2D eigenvalue weighted by molar-refractivity contribution is -0.137. The van der Waals surface area contributed by atoms with Crippen LogP contribution in [0.3, 0.4) is 0 Å². The normalized spacial score (nSPS) is 17.1. The van der Waals surface area contributed by atoms with Gasteiger partial charge in [0, 0.05) is 42.8 Å². The molecule has 3 rings (SSSR count). The number of thiazole rings is 1. The van der Waals surface area contributed by atoms with Crippen LogP contribution in [-0.4, -0.2) is 63.8 Å². The number of nitrogens with one attached hydrogen (secondary N) is 1. The first kappa shape index (κ1) is 23.8. The summed E-state index contributed by atoms with van der Waals surface area (Å²) in [6, 6.07) is -0.162. The lowest BCUT2D eigenvalue weighted by Crippen LogP contribution is -2.42. The summed E-state index contributed by atoms with van der Waals surface area (Å²) < 4.78 is 65.2. The molecule has 0 amide bonds. The zero-order valence-electron chi connectivity index (χ0n) is 17.3. The Kier molecular flexibility index (Phi) is 6.61. The number of alkyl halides is 3. The van der Waals surface area contributed by atoms with Gasteiger partial charge in [0.15, 0.2) is 0 Å². The first-order chi connectivity index (χ1) is 14.2. The van der Waals surface area contributed by atoms with Crippen molar-refractivity contribution in [2.45, 2.75) is 50.9 Å². The highest BCUT2D eigenvalue weighted by atomic mass is 32.2. The molecule has 31 heavy (non-hydrogen) atoms. The van der Waals surface area contributed by atoms with Crippen molar-refractivity contribution in [3.05, 3.63) is 22.8 Å². The molecule has 2 aromatic heterocycles. The average Bonchev–Trinajstić information content (AvgIpc) is 3.07. The second-order valence-electron chi connectivity index (χ2n) is 8.16. The lowest BCUT2D eigenvalue weighted by atomic mass is 10.1. The molecule has 1 aliphatic rings. The highest BCUT2D eigenvalue weighted by Crippen LogP contribution is 2.38. The van der Waals surface area contributed by atoms with Gasteiger partial charge in [-0.3, -0.25) is 0 Å². The summed E-state index contributed by atoms with van der Waals surface area (Å²) in [5.74, 6) is 0.0278. The van der Waals surface area contributed by atoms with E-state index < -0.39 is 27.4 Å². The summed E-state index contributed by atoms with van der Waals surface area (Å²) >= 11 is 1.04. The maximum atomic E-state index is 13.5. The Labute approximate surface area is 182 Å². The standard InChI is InChI=1S/C18H24F3N5O3S2/c1-17(2,27)8-12-9-22-15(30-12)14-13(18(19,20)21)10-23-16(25-14)24-11-4-6-26(7-5-11)31(3,28)29/h9-11,27H,4-8H2,1-3H3,(H,23,24,25). The van der Waals surface area contributed by atoms with Crippen LogP contribution in [0.5, 0.6) is 0 Å². The minimum atomic E-state index is -4.66. The van der Waals surface area contributed by atoms with Crippen LogP contribution in [0.2, 0.25) is 0 Å². The highest BCUT2D eigenvalue weighted by Gasteiger charge is 2.36. The summed E-state index contributed by atoms with van der Waals surface area (Å²) in [6.07, 6.45) is -0.120. The molecule has 172 valence electrons. The number of halogens is 3. The van der Waals surface area contributed by atoms with Gasteiger partial charge in [0.1, 0.15) is 16.3 Å². The molecule has 8 nitrogen and oxygen atoms in total. The first-order valence-electron chi connectivity index (χ1n) is 9.56. The number of rotatable bonds is 6. The second kappa shape index (κ2) is 8.60. The molecule has 1 aliphatic heterocycles. The van der Waals surface area contributed by atoms with Gasteiger partial charge >= 0.3 is 6.18 Å². The van der Waals surface area contributed by atoms with Gasteiger partial charge < -0.3 is 10.4 Å². The number of piperidine rings is 1. The topological polar surface area (TPSA) is 108 Å². The Morgan fingerprint density at radius 2 is 1.87 bits per heavy atom. The molecule has 0 aliphatic carbocycles. The third-order valence-electron chi connectivity index (χ3n) is 4.71. The van der Waals surface area contributed by atoms with Gasteiger partial charge in [-0.05, 0) is 26.7 Å². The SMILES string of the molecule is CC(C)(O)Cc1cnc(-c2nc(NC3CCN(S(C)(=O)=O)CC3)ncc2C(F)(F)F)s1. The van der Waals surface area contributed by atoms with E-state index in [2.05, 4.69) is 20.3 Å². The van der Waals surface area contributed by atoms with Crippen molar-refractivity contribution in [1.82, 2.24) is 19.3 Å². The predicted molar refractivity (Wildman–Crippen MR) is 111 cm³/mol. The van der Waals surface area contributed by atoms with Gasteiger partial charge in [-0.1, -0.05) is 0 Å². The number of anilines is 1. The van der Waals surface area contributed by atoms with Crippen LogP contribution >= 0.6 is 11.3 Å². The van der Waals surface area contributed by atoms with E-state index in [-0.39, 0.29) is 29.1 Å². The number of aromatic nitrogens is 3. The van der Waals surface area contributed by atoms with E-state index in [1.165, 1.54) is 10.5 Å². The molecule has 3 heterocycles. The molecular formula is C18H24F3N5O3S2. The van der Waals surface area contributed by atoms with E-state index >= 15 is 0 Å². The van der Waals surface area contributed by atoms with Crippen molar-refractivity contribution < 1.29 is 26.7 Å². The Balaban J connectivity index is 1.83. The second-order valence-corrected chi connectivity index (χ2v) is 11.3. The van der Waals surface area contributed by atoms with E-state index in [0.29, 0.717) is 30.8 Å². The number of hydrogen-bond donors (Lipinski definition) is 2. The fourth-order valence-electron chi connectivity index (χ4n) is 3.26. The fraction of sp³-hybridized carbons (Fsp3) is 0.611. The fourth-order valence-corrected chi connectivity index (χ4v) is 5.27. The minimum absolute atomic E-state index is 0.0278. The van der Waals surface area contributed by atoms with Gasteiger partial charge in [-0.25, -0.2) is 27.7 Å². The summed E-state index contributed by atoms with van der Waals surface area (Å²) in [5.41, 5.74) is -2.34.